The smallest absolute Gasteiger partial charge is 0.412 e. The molecule has 8 aromatic heterocycles. The molecule has 8 aromatic rings. The zero-order valence-electron chi connectivity index (χ0n) is 29.3. The van der Waals surface area contributed by atoms with Crippen LogP contribution in [0.3, 0.4) is 0 Å². The van der Waals surface area contributed by atoms with Crippen LogP contribution < -0.4 is 0 Å². The van der Waals surface area contributed by atoms with E-state index in [1.165, 1.54) is 0 Å². The van der Waals surface area contributed by atoms with E-state index in [1.807, 2.05) is 146 Å². The van der Waals surface area contributed by atoms with Crippen molar-refractivity contribution in [3.05, 3.63) is 195 Å². The van der Waals surface area contributed by atoms with Crippen LogP contribution in [0.25, 0.3) is 45.6 Å². The van der Waals surface area contributed by atoms with Gasteiger partial charge in [0.1, 0.15) is 0 Å². The molecule has 10 N–H and O–H groups in total. The number of nitrogens with zero attached hydrogens (tertiary/aromatic N) is 8. The van der Waals surface area contributed by atoms with Gasteiger partial charge in [0.2, 0.25) is 0 Å². The van der Waals surface area contributed by atoms with Gasteiger partial charge in [-0.05, 0) is 97.1 Å². The predicted octanol–water partition coefficient (Wildman–Crippen LogP) is 4.45. The van der Waals surface area contributed by atoms with Crippen LogP contribution >= 0.6 is 0 Å². The minimum atomic E-state index is 0. The van der Waals surface area contributed by atoms with Crippen LogP contribution in [0.1, 0.15) is 0 Å². The topological polar surface area (TPSA) is 261 Å². The molecule has 8 heterocycles. The van der Waals surface area contributed by atoms with E-state index in [1.54, 1.807) is 49.6 Å². The molecule has 0 unspecified atom stereocenters. The summed E-state index contributed by atoms with van der Waals surface area (Å²) < 4.78 is 0. The zero-order valence-corrected chi connectivity index (χ0v) is 32.7. The van der Waals surface area contributed by atoms with Crippen molar-refractivity contribution >= 4 is 0 Å². The molecule has 0 bridgehead atoms. The van der Waals surface area contributed by atoms with Gasteiger partial charge in [-0.15, -0.1) is 0 Å². The Labute approximate surface area is 345 Å². The molecule has 0 amide bonds. The van der Waals surface area contributed by atoms with E-state index in [9.17, 15) is 0 Å². The normalized spacial score (nSPS) is 8.44. The van der Waals surface area contributed by atoms with Gasteiger partial charge in [-0.1, -0.05) is 48.5 Å². The Kier molecular flexibility index (Phi) is 30.9. The molecule has 13 nitrogen and oxygen atoms in total. The molecule has 284 valence electrons. The maximum atomic E-state index is 4.19. The van der Waals surface area contributed by atoms with E-state index in [2.05, 4.69) is 39.9 Å². The second kappa shape index (κ2) is 31.7. The maximum absolute atomic E-state index is 4.19. The fraction of sp³-hybridized carbons (Fsp3) is 0. The van der Waals surface area contributed by atoms with Gasteiger partial charge in [0.25, 0.3) is 0 Å². The van der Waals surface area contributed by atoms with Crippen LogP contribution in [0.15, 0.2) is 195 Å². The molecule has 0 spiro atoms. The molecule has 0 aliphatic rings. The third kappa shape index (κ3) is 18.7. The third-order valence-electron chi connectivity index (χ3n) is 6.37. The van der Waals surface area contributed by atoms with Gasteiger partial charge in [0, 0.05) is 49.6 Å². The van der Waals surface area contributed by atoms with E-state index in [0.29, 0.717) is 0 Å². The molecule has 55 heavy (non-hydrogen) atoms. The summed E-state index contributed by atoms with van der Waals surface area (Å²) in [6.07, 6.45) is 14.1. The van der Waals surface area contributed by atoms with Gasteiger partial charge >= 0.3 is 39.0 Å². The van der Waals surface area contributed by atoms with E-state index >= 15 is 0 Å². The summed E-state index contributed by atoms with van der Waals surface area (Å²) >= 11 is 0. The van der Waals surface area contributed by atoms with Crippen molar-refractivity contribution in [1.82, 2.24) is 39.9 Å². The third-order valence-corrected chi connectivity index (χ3v) is 6.37. The van der Waals surface area contributed by atoms with Gasteiger partial charge in [-0.3, -0.25) is 39.9 Å². The SMILES string of the molecule is O.O.O.O.O.[Ru+2].[Ru+2].c1ccc(-c2ccccn2)nc1.c1ccc(-c2ccccn2)nc1.c1ccc(-c2ccccn2)nc1.c1ccc(-c2ccccn2)nc1. The Morgan fingerprint density at radius 2 is 0.291 bits per heavy atom. The molecule has 0 aliphatic heterocycles. The summed E-state index contributed by atoms with van der Waals surface area (Å²) in [4.78, 5) is 33.5. The fourth-order valence-electron chi connectivity index (χ4n) is 4.11. The van der Waals surface area contributed by atoms with Gasteiger partial charge in [-0.25, -0.2) is 0 Å². The second-order valence-electron chi connectivity index (χ2n) is 9.72. The Morgan fingerprint density at radius 3 is 0.364 bits per heavy atom. The minimum Gasteiger partial charge on any atom is -0.412 e. The second-order valence-corrected chi connectivity index (χ2v) is 9.72. The van der Waals surface area contributed by atoms with E-state index in [4.69, 9.17) is 0 Å². The minimum absolute atomic E-state index is 0. The first-order valence-electron chi connectivity index (χ1n) is 15.2. The monoisotopic (exact) mass is 918 g/mol. The summed E-state index contributed by atoms with van der Waals surface area (Å²) in [6, 6.07) is 46.4. The zero-order chi connectivity index (χ0) is 32.9. The van der Waals surface area contributed by atoms with Crippen molar-refractivity contribution in [1.29, 1.82) is 0 Å². The van der Waals surface area contributed by atoms with E-state index in [-0.39, 0.29) is 66.3 Å². The Bertz CT molecular complexity index is 1560. The molecule has 0 fully saturated rings. The van der Waals surface area contributed by atoms with Crippen molar-refractivity contribution in [2.75, 3.05) is 0 Å². The molecule has 0 aromatic carbocycles. The molecular weight excluding hydrogens is 875 g/mol. The summed E-state index contributed by atoms with van der Waals surface area (Å²) in [5.74, 6) is 0. The van der Waals surface area contributed by atoms with Crippen LogP contribution in [0.2, 0.25) is 0 Å². The van der Waals surface area contributed by atoms with Crippen LogP contribution in [0, 0.1) is 0 Å². The van der Waals surface area contributed by atoms with Crippen LogP contribution in [-0.2, 0) is 39.0 Å². The van der Waals surface area contributed by atoms with Gasteiger partial charge < -0.3 is 27.4 Å². The van der Waals surface area contributed by atoms with Crippen LogP contribution in [0.5, 0.6) is 0 Å². The first-order chi connectivity index (χ1) is 23.9. The quantitative estimate of drug-likeness (QED) is 0.227. The van der Waals surface area contributed by atoms with Crippen molar-refractivity contribution in [2.45, 2.75) is 0 Å². The van der Waals surface area contributed by atoms with E-state index < -0.39 is 0 Å². The summed E-state index contributed by atoms with van der Waals surface area (Å²) in [5, 5.41) is 0. The van der Waals surface area contributed by atoms with Crippen molar-refractivity contribution in [3.63, 3.8) is 0 Å². The van der Waals surface area contributed by atoms with Crippen molar-refractivity contribution < 1.29 is 66.3 Å². The molecule has 8 rings (SSSR count). The number of pyridine rings is 8. The number of rotatable bonds is 4. The van der Waals surface area contributed by atoms with Crippen molar-refractivity contribution in [2.24, 2.45) is 0 Å². The van der Waals surface area contributed by atoms with E-state index in [0.717, 1.165) is 45.6 Å². The number of aromatic nitrogens is 8. The van der Waals surface area contributed by atoms with Crippen LogP contribution in [-0.4, -0.2) is 67.3 Å². The number of hydrogen-bond acceptors (Lipinski definition) is 8. The predicted molar refractivity (Wildman–Crippen MR) is 208 cm³/mol. The molecule has 0 radical (unpaired) electrons. The van der Waals surface area contributed by atoms with Gasteiger partial charge in [0.15, 0.2) is 0 Å². The Balaban J connectivity index is -0.000000629. The molecule has 15 heteroatoms. The first-order valence-corrected chi connectivity index (χ1v) is 15.2. The van der Waals surface area contributed by atoms with Crippen molar-refractivity contribution in [3.8, 4) is 45.6 Å². The largest absolute Gasteiger partial charge is 2.00 e. The van der Waals surface area contributed by atoms with Gasteiger partial charge in [0.05, 0.1) is 45.6 Å². The summed E-state index contributed by atoms with van der Waals surface area (Å²) in [7, 11) is 0. The Hall–Kier alpha value is -5.75. The molecular formula is C40H42N8O5Ru2+4. The van der Waals surface area contributed by atoms with Crippen LogP contribution in [0.4, 0.5) is 0 Å². The average molecular weight is 917 g/mol. The average Bonchev–Trinajstić information content (AvgIpc) is 3.21. The summed E-state index contributed by atoms with van der Waals surface area (Å²) in [6.45, 7) is 0. The fourth-order valence-corrected chi connectivity index (χ4v) is 4.11. The summed E-state index contributed by atoms with van der Waals surface area (Å²) in [5.41, 5.74) is 7.32. The molecule has 0 saturated carbocycles. The maximum Gasteiger partial charge on any atom is 2.00 e. The van der Waals surface area contributed by atoms with Gasteiger partial charge in [-0.2, -0.15) is 0 Å². The molecule has 0 aliphatic carbocycles. The molecule has 0 atom stereocenters. The Morgan fingerprint density at radius 1 is 0.182 bits per heavy atom. The first kappa shape index (κ1) is 53.6. The molecule has 0 saturated heterocycles. The standard InChI is InChI=1S/4C10H8N2.5H2O.2Ru/c4*1-3-7-11-9(5-1)10-6-2-4-8-12-10;;;;;;;/h4*1-8H;5*1H2;;/q;;;;;;;;;2*+2. The number of hydrogen-bond donors (Lipinski definition) is 0.